The van der Waals surface area contributed by atoms with Crippen LogP contribution in [0.4, 0.5) is 0 Å². The molecule has 2 atom stereocenters. The summed E-state index contributed by atoms with van der Waals surface area (Å²) in [4.78, 5) is 24.0. The Bertz CT molecular complexity index is 870. The van der Waals surface area contributed by atoms with E-state index in [4.69, 9.17) is 9.47 Å². The summed E-state index contributed by atoms with van der Waals surface area (Å²) >= 11 is 0. The molecule has 27 heavy (non-hydrogen) atoms. The molecule has 1 amide bonds. The number of carbonyl (C=O) groups excluding carboxylic acids is 2. The Morgan fingerprint density at radius 3 is 2.81 bits per heavy atom. The van der Waals surface area contributed by atoms with Gasteiger partial charge in [-0.1, -0.05) is 30.3 Å². The van der Waals surface area contributed by atoms with E-state index in [-0.39, 0.29) is 23.9 Å². The molecule has 2 aliphatic rings. The highest BCUT2D eigenvalue weighted by atomic mass is 16.5. The average Bonchev–Trinajstić information content (AvgIpc) is 3.35. The Kier molecular flexibility index (Phi) is 4.94. The highest BCUT2D eigenvalue weighted by Crippen LogP contribution is 2.34. The summed E-state index contributed by atoms with van der Waals surface area (Å²) in [6, 6.07) is 13.6. The van der Waals surface area contributed by atoms with Gasteiger partial charge in [-0.05, 0) is 48.6 Å². The molecule has 4 rings (SSSR count). The monoisotopic (exact) mass is 365 g/mol. The summed E-state index contributed by atoms with van der Waals surface area (Å²) in [6.07, 6.45) is 2.06. The van der Waals surface area contributed by atoms with Crippen molar-refractivity contribution in [2.24, 2.45) is 0 Å². The molecule has 0 aliphatic carbocycles. The topological polar surface area (TPSA) is 64.6 Å². The maximum Gasteiger partial charge on any atom is 0.249 e. The number of ether oxygens (including phenoxy) is 2. The molecule has 2 aromatic carbocycles. The molecule has 2 heterocycles. The van der Waals surface area contributed by atoms with E-state index in [9.17, 15) is 9.59 Å². The van der Waals surface area contributed by atoms with E-state index in [0.717, 1.165) is 47.3 Å². The Balaban J connectivity index is 1.44. The lowest BCUT2D eigenvalue weighted by atomic mass is 9.95. The second-order valence-corrected chi connectivity index (χ2v) is 7.12. The van der Waals surface area contributed by atoms with E-state index in [1.807, 2.05) is 36.4 Å². The molecule has 5 nitrogen and oxygen atoms in total. The quantitative estimate of drug-likeness (QED) is 0.827. The second kappa shape index (κ2) is 7.53. The van der Waals surface area contributed by atoms with Crippen molar-refractivity contribution in [2.75, 3.05) is 13.2 Å². The number of fused-ring (bicyclic) bond motifs is 1. The molecule has 0 spiro atoms. The first kappa shape index (κ1) is 17.7. The zero-order chi connectivity index (χ0) is 18.8. The first-order chi connectivity index (χ1) is 13.1. The highest BCUT2D eigenvalue weighted by Gasteiger charge is 2.27. The van der Waals surface area contributed by atoms with Gasteiger partial charge in [0.2, 0.25) is 5.91 Å². The van der Waals surface area contributed by atoms with Gasteiger partial charge in [-0.15, -0.1) is 0 Å². The lowest BCUT2D eigenvalue weighted by Crippen LogP contribution is -2.40. The summed E-state index contributed by atoms with van der Waals surface area (Å²) in [5.74, 6) is 0.843. The van der Waals surface area contributed by atoms with Crippen molar-refractivity contribution in [1.82, 2.24) is 5.32 Å². The van der Waals surface area contributed by atoms with E-state index in [1.54, 1.807) is 6.92 Å². The molecule has 140 valence electrons. The molecule has 0 bridgehead atoms. The fraction of sp³-hybridized carbons (Fsp3) is 0.364. The Morgan fingerprint density at radius 1 is 1.19 bits per heavy atom. The predicted octanol–water partition coefficient (Wildman–Crippen LogP) is 3.15. The zero-order valence-electron chi connectivity index (χ0n) is 15.4. The van der Waals surface area contributed by atoms with Crippen molar-refractivity contribution in [1.29, 1.82) is 0 Å². The number of nitrogens with one attached hydrogen (secondary N) is 1. The van der Waals surface area contributed by atoms with E-state index in [2.05, 4.69) is 11.4 Å². The van der Waals surface area contributed by atoms with Crippen molar-refractivity contribution < 1.29 is 19.1 Å². The third-order valence-corrected chi connectivity index (χ3v) is 5.15. The highest BCUT2D eigenvalue weighted by molar-refractivity contribution is 6.00. The van der Waals surface area contributed by atoms with Gasteiger partial charge in [0.25, 0.3) is 0 Å². The zero-order valence-corrected chi connectivity index (χ0v) is 15.4. The van der Waals surface area contributed by atoms with Gasteiger partial charge < -0.3 is 14.8 Å². The molecule has 2 aromatic rings. The summed E-state index contributed by atoms with van der Waals surface area (Å²) in [5.41, 5.74) is 3.76. The third kappa shape index (κ3) is 3.74. The molecule has 2 aliphatic heterocycles. The maximum atomic E-state index is 12.1. The minimum atomic E-state index is -0.316. The van der Waals surface area contributed by atoms with Crippen molar-refractivity contribution in [3.8, 4) is 16.9 Å². The molecule has 1 fully saturated rings. The lowest BCUT2D eigenvalue weighted by Gasteiger charge is -2.14. The number of hydrogen-bond acceptors (Lipinski definition) is 4. The number of amides is 1. The standard InChI is InChI=1S/C22H23NO4/c1-14(24)18-5-2-3-6-19(18)15-8-9-20-16(11-15)12-17(27-20)13-23-22(25)21-7-4-10-26-21/h2-3,5-6,8-9,11,17,21H,4,7,10,12-13H2,1H3,(H,23,25)/t17-,21-/m0/s1. The predicted molar refractivity (Wildman–Crippen MR) is 102 cm³/mol. The number of hydrogen-bond donors (Lipinski definition) is 1. The Morgan fingerprint density at radius 2 is 2.04 bits per heavy atom. The van der Waals surface area contributed by atoms with Gasteiger partial charge in [0.05, 0.1) is 6.54 Å². The Hall–Kier alpha value is -2.66. The van der Waals surface area contributed by atoms with Gasteiger partial charge in [0.1, 0.15) is 18.0 Å². The van der Waals surface area contributed by atoms with Crippen LogP contribution in [0.15, 0.2) is 42.5 Å². The van der Waals surface area contributed by atoms with E-state index in [0.29, 0.717) is 13.2 Å². The third-order valence-electron chi connectivity index (χ3n) is 5.15. The molecular weight excluding hydrogens is 342 g/mol. The van der Waals surface area contributed by atoms with Crippen molar-refractivity contribution in [3.05, 3.63) is 53.6 Å². The minimum Gasteiger partial charge on any atom is -0.488 e. The summed E-state index contributed by atoms with van der Waals surface area (Å²) in [5, 5.41) is 2.94. The number of rotatable bonds is 5. The number of Topliss-reactive ketones (excluding diaryl/α,β-unsaturated/α-hetero) is 1. The SMILES string of the molecule is CC(=O)c1ccccc1-c1ccc2c(c1)C[C@@H](CNC(=O)[C@@H]1CCCO1)O2. The van der Waals surface area contributed by atoms with Crippen LogP contribution in [0.3, 0.4) is 0 Å². The van der Waals surface area contributed by atoms with Crippen LogP contribution in [0, 0.1) is 0 Å². The largest absolute Gasteiger partial charge is 0.488 e. The van der Waals surface area contributed by atoms with Gasteiger partial charge in [-0.25, -0.2) is 0 Å². The van der Waals surface area contributed by atoms with Gasteiger partial charge in [-0.2, -0.15) is 0 Å². The molecule has 5 heteroatoms. The van der Waals surface area contributed by atoms with Crippen molar-refractivity contribution >= 4 is 11.7 Å². The van der Waals surface area contributed by atoms with Crippen LogP contribution in [0.5, 0.6) is 5.75 Å². The van der Waals surface area contributed by atoms with Crippen LogP contribution in [-0.4, -0.2) is 37.0 Å². The molecule has 0 saturated carbocycles. The normalized spacial score (nSPS) is 20.8. The summed E-state index contributed by atoms with van der Waals surface area (Å²) in [7, 11) is 0. The average molecular weight is 365 g/mol. The van der Waals surface area contributed by atoms with Gasteiger partial charge in [0, 0.05) is 18.6 Å². The van der Waals surface area contributed by atoms with Crippen LogP contribution in [0.1, 0.15) is 35.7 Å². The van der Waals surface area contributed by atoms with Gasteiger partial charge in [0.15, 0.2) is 5.78 Å². The van der Waals surface area contributed by atoms with Crippen LogP contribution in [0.25, 0.3) is 11.1 Å². The van der Waals surface area contributed by atoms with Crippen LogP contribution in [-0.2, 0) is 16.0 Å². The molecule has 0 radical (unpaired) electrons. The summed E-state index contributed by atoms with van der Waals surface area (Å²) in [6.45, 7) is 2.71. The summed E-state index contributed by atoms with van der Waals surface area (Å²) < 4.78 is 11.4. The van der Waals surface area contributed by atoms with Gasteiger partial charge >= 0.3 is 0 Å². The van der Waals surface area contributed by atoms with Crippen molar-refractivity contribution in [2.45, 2.75) is 38.4 Å². The Labute approximate surface area is 158 Å². The molecule has 1 saturated heterocycles. The smallest absolute Gasteiger partial charge is 0.249 e. The number of ketones is 1. The van der Waals surface area contributed by atoms with Crippen LogP contribution in [0.2, 0.25) is 0 Å². The van der Waals surface area contributed by atoms with Crippen molar-refractivity contribution in [3.63, 3.8) is 0 Å². The maximum absolute atomic E-state index is 12.1. The van der Waals surface area contributed by atoms with Crippen LogP contribution < -0.4 is 10.1 Å². The van der Waals surface area contributed by atoms with E-state index in [1.165, 1.54) is 0 Å². The molecular formula is C22H23NO4. The molecule has 1 N–H and O–H groups in total. The fourth-order valence-electron chi connectivity index (χ4n) is 3.76. The lowest BCUT2D eigenvalue weighted by molar-refractivity contribution is -0.130. The second-order valence-electron chi connectivity index (χ2n) is 7.12. The first-order valence-corrected chi connectivity index (χ1v) is 9.41. The number of benzene rings is 2. The molecule has 0 aromatic heterocycles. The van der Waals surface area contributed by atoms with Gasteiger partial charge in [-0.3, -0.25) is 9.59 Å². The first-order valence-electron chi connectivity index (χ1n) is 9.41. The molecule has 0 unspecified atom stereocenters. The number of carbonyl (C=O) groups is 2. The van der Waals surface area contributed by atoms with E-state index >= 15 is 0 Å². The van der Waals surface area contributed by atoms with Crippen LogP contribution >= 0.6 is 0 Å². The minimum absolute atomic E-state index is 0.0527. The van der Waals surface area contributed by atoms with E-state index < -0.39 is 0 Å². The fourth-order valence-corrected chi connectivity index (χ4v) is 3.76.